The highest BCUT2D eigenvalue weighted by atomic mass is 32.1. The quantitative estimate of drug-likeness (QED) is 0.845. The van der Waals surface area contributed by atoms with E-state index in [2.05, 4.69) is 15.7 Å². The van der Waals surface area contributed by atoms with Crippen LogP contribution in [-0.4, -0.2) is 11.0 Å². The number of rotatable bonds is 3. The maximum absolute atomic E-state index is 4.32. The normalized spacial score (nSPS) is 45.7. The van der Waals surface area contributed by atoms with Crippen molar-refractivity contribution >= 4 is 11.3 Å². The predicted octanol–water partition coefficient (Wildman–Crippen LogP) is 2.28. The van der Waals surface area contributed by atoms with E-state index in [4.69, 9.17) is 0 Å². The van der Waals surface area contributed by atoms with Crippen LogP contribution in [0.2, 0.25) is 0 Å². The standard InChI is InChI=1S/C12H16N2S/c1-2-8-5-7(1)10-11(8)12(10)14-6-9-13-3-4-15-9/h3-4,7-8,10-12,14H,1-2,5-6H2. The minimum Gasteiger partial charge on any atom is -0.307 e. The summed E-state index contributed by atoms with van der Waals surface area (Å²) in [7, 11) is 0. The molecule has 1 aromatic rings. The second-order valence-electron chi connectivity index (χ2n) is 5.32. The third-order valence-corrected chi connectivity index (χ3v) is 5.49. The largest absolute Gasteiger partial charge is 0.307 e. The summed E-state index contributed by atoms with van der Waals surface area (Å²) in [5.41, 5.74) is 0. The van der Waals surface area contributed by atoms with Gasteiger partial charge in [-0.15, -0.1) is 11.3 Å². The van der Waals surface area contributed by atoms with Crippen LogP contribution >= 0.6 is 11.3 Å². The molecule has 4 unspecified atom stereocenters. The molecule has 0 aromatic carbocycles. The first kappa shape index (κ1) is 8.71. The third-order valence-electron chi connectivity index (χ3n) is 4.71. The van der Waals surface area contributed by atoms with Gasteiger partial charge in [-0.3, -0.25) is 0 Å². The minimum atomic E-state index is 0.847. The lowest BCUT2D eigenvalue weighted by Gasteiger charge is -2.08. The van der Waals surface area contributed by atoms with Crippen LogP contribution in [0.4, 0.5) is 0 Å². The Kier molecular flexibility index (Phi) is 1.77. The fourth-order valence-electron chi connectivity index (χ4n) is 4.14. The van der Waals surface area contributed by atoms with Crippen molar-refractivity contribution < 1.29 is 0 Å². The van der Waals surface area contributed by atoms with E-state index in [-0.39, 0.29) is 0 Å². The second-order valence-corrected chi connectivity index (χ2v) is 6.30. The van der Waals surface area contributed by atoms with Crippen molar-refractivity contribution in [1.82, 2.24) is 10.3 Å². The van der Waals surface area contributed by atoms with Crippen molar-refractivity contribution in [3.05, 3.63) is 16.6 Å². The van der Waals surface area contributed by atoms with Gasteiger partial charge in [0.1, 0.15) is 5.01 Å². The van der Waals surface area contributed by atoms with Crippen molar-refractivity contribution in [3.63, 3.8) is 0 Å². The highest BCUT2D eigenvalue weighted by Crippen LogP contribution is 2.65. The van der Waals surface area contributed by atoms with E-state index in [9.17, 15) is 0 Å². The molecule has 4 atom stereocenters. The molecule has 0 radical (unpaired) electrons. The van der Waals surface area contributed by atoms with Crippen LogP contribution in [-0.2, 0) is 6.54 Å². The zero-order valence-corrected chi connectivity index (χ0v) is 9.54. The summed E-state index contributed by atoms with van der Waals surface area (Å²) in [5, 5.41) is 7.02. The van der Waals surface area contributed by atoms with Gasteiger partial charge in [0.05, 0.1) is 0 Å². The first-order valence-corrected chi connectivity index (χ1v) is 6.93. The Balaban J connectivity index is 1.39. The molecule has 0 spiro atoms. The van der Waals surface area contributed by atoms with E-state index < -0.39 is 0 Å². The zero-order valence-electron chi connectivity index (χ0n) is 8.73. The maximum atomic E-state index is 4.32. The molecule has 15 heavy (non-hydrogen) atoms. The second kappa shape index (κ2) is 3.05. The zero-order chi connectivity index (χ0) is 9.83. The Hall–Kier alpha value is -0.410. The number of hydrogen-bond acceptors (Lipinski definition) is 3. The van der Waals surface area contributed by atoms with E-state index >= 15 is 0 Å². The van der Waals surface area contributed by atoms with Crippen molar-refractivity contribution in [2.24, 2.45) is 23.7 Å². The summed E-state index contributed by atoms with van der Waals surface area (Å²) in [4.78, 5) is 4.32. The minimum absolute atomic E-state index is 0.847. The Morgan fingerprint density at radius 3 is 2.80 bits per heavy atom. The van der Waals surface area contributed by atoms with Crippen molar-refractivity contribution in [1.29, 1.82) is 0 Å². The summed E-state index contributed by atoms with van der Waals surface area (Å²) < 4.78 is 0. The molecule has 0 aliphatic heterocycles. The summed E-state index contributed by atoms with van der Waals surface area (Å²) >= 11 is 1.76. The molecule has 3 aliphatic carbocycles. The summed E-state index contributed by atoms with van der Waals surface area (Å²) in [5.74, 6) is 4.25. The van der Waals surface area contributed by atoms with Crippen molar-refractivity contribution in [2.75, 3.05) is 0 Å². The fraction of sp³-hybridized carbons (Fsp3) is 0.750. The van der Waals surface area contributed by atoms with Crippen LogP contribution in [0.5, 0.6) is 0 Å². The Labute approximate surface area is 94.1 Å². The van der Waals surface area contributed by atoms with Crippen LogP contribution in [0, 0.1) is 23.7 Å². The topological polar surface area (TPSA) is 24.9 Å². The molecule has 2 bridgehead atoms. The lowest BCUT2D eigenvalue weighted by atomic mass is 10.0. The van der Waals surface area contributed by atoms with Gasteiger partial charge in [-0.1, -0.05) is 0 Å². The van der Waals surface area contributed by atoms with E-state index in [0.717, 1.165) is 36.3 Å². The molecule has 3 aliphatic rings. The first-order valence-electron chi connectivity index (χ1n) is 6.05. The smallest absolute Gasteiger partial charge is 0.106 e. The lowest BCUT2D eigenvalue weighted by Crippen LogP contribution is -2.22. The van der Waals surface area contributed by atoms with E-state index in [1.165, 1.54) is 17.8 Å². The van der Waals surface area contributed by atoms with Crippen LogP contribution < -0.4 is 5.32 Å². The monoisotopic (exact) mass is 220 g/mol. The number of aromatic nitrogens is 1. The number of nitrogens with one attached hydrogen (secondary N) is 1. The van der Waals surface area contributed by atoms with Crippen molar-refractivity contribution in [2.45, 2.75) is 31.8 Å². The van der Waals surface area contributed by atoms with E-state index in [1.54, 1.807) is 17.8 Å². The molecule has 3 fully saturated rings. The molecule has 0 saturated heterocycles. The van der Waals surface area contributed by atoms with Gasteiger partial charge in [0.2, 0.25) is 0 Å². The molecule has 3 saturated carbocycles. The van der Waals surface area contributed by atoms with Gasteiger partial charge >= 0.3 is 0 Å². The molecule has 1 N–H and O–H groups in total. The van der Waals surface area contributed by atoms with E-state index in [0.29, 0.717) is 0 Å². The van der Waals surface area contributed by atoms with Gasteiger partial charge in [-0.2, -0.15) is 0 Å². The van der Waals surface area contributed by atoms with Crippen LogP contribution in [0.15, 0.2) is 11.6 Å². The fourth-order valence-corrected chi connectivity index (χ4v) is 4.71. The molecule has 2 nitrogen and oxygen atoms in total. The van der Waals surface area contributed by atoms with E-state index in [1.807, 2.05) is 6.20 Å². The molecule has 1 heterocycles. The van der Waals surface area contributed by atoms with Gasteiger partial charge in [0.25, 0.3) is 0 Å². The highest BCUT2D eigenvalue weighted by Gasteiger charge is 2.64. The molecule has 80 valence electrons. The lowest BCUT2D eigenvalue weighted by molar-refractivity contribution is 0.456. The third kappa shape index (κ3) is 1.23. The first-order chi connectivity index (χ1) is 7.43. The highest BCUT2D eigenvalue weighted by molar-refractivity contribution is 7.09. The van der Waals surface area contributed by atoms with Gasteiger partial charge in [-0.05, 0) is 42.9 Å². The average molecular weight is 220 g/mol. The summed E-state index contributed by atoms with van der Waals surface area (Å²) in [6.45, 7) is 0.995. The average Bonchev–Trinajstić information content (AvgIpc) is 2.72. The molecular weight excluding hydrogens is 204 g/mol. The molecule has 0 amide bonds. The van der Waals surface area contributed by atoms with Crippen LogP contribution in [0.1, 0.15) is 24.3 Å². The van der Waals surface area contributed by atoms with Crippen LogP contribution in [0.25, 0.3) is 0 Å². The van der Waals surface area contributed by atoms with Gasteiger partial charge in [0, 0.05) is 24.2 Å². The number of hydrogen-bond donors (Lipinski definition) is 1. The van der Waals surface area contributed by atoms with Gasteiger partial charge < -0.3 is 5.32 Å². The molecular formula is C12H16N2S. The van der Waals surface area contributed by atoms with Crippen LogP contribution in [0.3, 0.4) is 0 Å². The summed E-state index contributed by atoms with van der Waals surface area (Å²) in [6, 6.07) is 0.847. The molecule has 1 aromatic heterocycles. The molecule has 3 heteroatoms. The Morgan fingerprint density at radius 2 is 2.13 bits per heavy atom. The number of nitrogens with zero attached hydrogens (tertiary/aromatic N) is 1. The summed E-state index contributed by atoms with van der Waals surface area (Å²) in [6.07, 6.45) is 6.48. The Morgan fingerprint density at radius 1 is 1.33 bits per heavy atom. The predicted molar refractivity (Wildman–Crippen MR) is 60.6 cm³/mol. The molecule has 4 rings (SSSR count). The van der Waals surface area contributed by atoms with Gasteiger partial charge in [-0.25, -0.2) is 4.98 Å². The number of fused-ring (bicyclic) bond motifs is 5. The van der Waals surface area contributed by atoms with Crippen molar-refractivity contribution in [3.8, 4) is 0 Å². The SMILES string of the molecule is c1csc(CNC2C3C4CCC(C4)C23)n1. The van der Waals surface area contributed by atoms with Gasteiger partial charge in [0.15, 0.2) is 0 Å². The maximum Gasteiger partial charge on any atom is 0.106 e. The number of thiazole rings is 1. The Bertz CT molecular complexity index is 346.